The summed E-state index contributed by atoms with van der Waals surface area (Å²) in [5.74, 6) is -1.12. The van der Waals surface area contributed by atoms with Crippen LogP contribution >= 0.6 is 0 Å². The first-order valence-corrected chi connectivity index (χ1v) is 9.48. The maximum Gasteiger partial charge on any atom is 0.318 e. The minimum absolute atomic E-state index is 0.305. The highest BCUT2D eigenvalue weighted by atomic mass is 32.2. The molecular weight excluding hydrogens is 344 g/mol. The van der Waals surface area contributed by atoms with Crippen LogP contribution in [0.1, 0.15) is 11.3 Å². The number of nitrogens with zero attached hydrogens (tertiary/aromatic N) is 1. The van der Waals surface area contributed by atoms with E-state index in [9.17, 15) is 13.2 Å². The van der Waals surface area contributed by atoms with E-state index in [-0.39, 0.29) is 5.75 Å². The van der Waals surface area contributed by atoms with Gasteiger partial charge in [-0.05, 0) is 29.8 Å². The Labute approximate surface area is 146 Å². The molecule has 2 N–H and O–H groups in total. The van der Waals surface area contributed by atoms with Crippen LogP contribution in [0.15, 0.2) is 42.5 Å². The second-order valence-corrected chi connectivity index (χ2v) is 7.50. The number of nitrogens with one attached hydrogen (secondary N) is 1. The van der Waals surface area contributed by atoms with Gasteiger partial charge in [-0.15, -0.1) is 0 Å². The number of aromatic nitrogens is 1. The lowest BCUT2D eigenvalue weighted by molar-refractivity contribution is -0.134. The van der Waals surface area contributed by atoms with Gasteiger partial charge in [-0.1, -0.05) is 18.2 Å². The third-order valence-corrected chi connectivity index (χ3v) is 4.80. The number of benzene rings is 1. The first kappa shape index (κ1) is 18.7. The summed E-state index contributed by atoms with van der Waals surface area (Å²) in [7, 11) is -1.85. The van der Waals surface area contributed by atoms with Crippen LogP contribution in [0.2, 0.25) is 0 Å². The average molecular weight is 364 g/mol. The van der Waals surface area contributed by atoms with E-state index in [1.54, 1.807) is 31.3 Å². The lowest BCUT2D eigenvalue weighted by Gasteiger charge is -2.08. The van der Waals surface area contributed by atoms with Crippen molar-refractivity contribution in [1.29, 1.82) is 0 Å². The zero-order chi connectivity index (χ0) is 18.3. The summed E-state index contributed by atoms with van der Waals surface area (Å²) < 4.78 is 28.9. The van der Waals surface area contributed by atoms with Gasteiger partial charge in [-0.25, -0.2) is 13.4 Å². The van der Waals surface area contributed by atoms with E-state index in [4.69, 9.17) is 9.84 Å². The number of hydrogen-bond donors (Lipinski definition) is 2. The number of rotatable bonds is 9. The van der Waals surface area contributed by atoms with Crippen molar-refractivity contribution in [2.24, 2.45) is 0 Å². The zero-order valence-corrected chi connectivity index (χ0v) is 14.6. The predicted molar refractivity (Wildman–Crippen MR) is 94.6 cm³/mol. The highest BCUT2D eigenvalue weighted by Gasteiger charge is 2.16. The summed E-state index contributed by atoms with van der Waals surface area (Å²) in [6.45, 7) is 0.441. The lowest BCUT2D eigenvalue weighted by atomic mass is 10.2. The van der Waals surface area contributed by atoms with Crippen molar-refractivity contribution in [1.82, 2.24) is 4.98 Å². The van der Waals surface area contributed by atoms with Crippen molar-refractivity contribution in [2.75, 3.05) is 24.7 Å². The van der Waals surface area contributed by atoms with E-state index in [2.05, 4.69) is 10.3 Å². The summed E-state index contributed by atoms with van der Waals surface area (Å²) >= 11 is 0. The van der Waals surface area contributed by atoms with Crippen LogP contribution in [0.25, 0.3) is 0 Å². The number of hydrogen-bond acceptors (Lipinski definition) is 6. The Hall–Kier alpha value is -2.61. The molecule has 0 aliphatic heterocycles. The second-order valence-electron chi connectivity index (χ2n) is 5.43. The van der Waals surface area contributed by atoms with Crippen molar-refractivity contribution in [3.63, 3.8) is 0 Å². The van der Waals surface area contributed by atoms with Crippen molar-refractivity contribution >= 4 is 21.6 Å². The first-order chi connectivity index (χ1) is 11.9. The van der Waals surface area contributed by atoms with Gasteiger partial charge in [-0.2, -0.15) is 0 Å². The van der Waals surface area contributed by atoms with Gasteiger partial charge < -0.3 is 15.2 Å². The summed E-state index contributed by atoms with van der Waals surface area (Å²) in [6.07, 6.45) is 0.643. The van der Waals surface area contributed by atoms with Gasteiger partial charge in [0.25, 0.3) is 0 Å². The van der Waals surface area contributed by atoms with Gasteiger partial charge in [0.05, 0.1) is 12.4 Å². The Morgan fingerprint density at radius 1 is 1.20 bits per heavy atom. The molecule has 0 spiro atoms. The minimum Gasteiger partial charge on any atom is -0.493 e. The summed E-state index contributed by atoms with van der Waals surface area (Å²) in [6, 6.07) is 12.3. The quantitative estimate of drug-likeness (QED) is 0.698. The van der Waals surface area contributed by atoms with Crippen molar-refractivity contribution < 1.29 is 23.1 Å². The van der Waals surface area contributed by atoms with Crippen LogP contribution < -0.4 is 10.1 Å². The summed E-state index contributed by atoms with van der Waals surface area (Å²) in [5, 5.41) is 11.6. The molecule has 0 atom stereocenters. The minimum atomic E-state index is -3.66. The van der Waals surface area contributed by atoms with Crippen LogP contribution in [0.4, 0.5) is 5.82 Å². The fourth-order valence-electron chi connectivity index (χ4n) is 2.21. The topological polar surface area (TPSA) is 106 Å². The fourth-order valence-corrected chi connectivity index (χ4v) is 3.39. The molecule has 25 heavy (non-hydrogen) atoms. The van der Waals surface area contributed by atoms with Crippen molar-refractivity contribution in [2.45, 2.75) is 12.2 Å². The molecule has 8 heteroatoms. The lowest BCUT2D eigenvalue weighted by Crippen LogP contribution is -2.16. The van der Waals surface area contributed by atoms with Gasteiger partial charge in [0.2, 0.25) is 0 Å². The third kappa shape index (κ3) is 6.42. The normalized spacial score (nSPS) is 11.1. The Kier molecular flexibility index (Phi) is 6.35. The SMILES string of the molecule is CNc1cccc(CCOc2ccc(CS(=O)(=O)CC(=O)O)cc2)n1. The van der Waals surface area contributed by atoms with E-state index in [0.29, 0.717) is 24.3 Å². The number of ether oxygens (including phenoxy) is 1. The first-order valence-electron chi connectivity index (χ1n) is 7.65. The number of pyridine rings is 1. The molecule has 0 unspecified atom stereocenters. The molecule has 1 aromatic heterocycles. The van der Waals surface area contributed by atoms with Crippen molar-refractivity contribution in [3.8, 4) is 5.75 Å². The Morgan fingerprint density at radius 2 is 1.92 bits per heavy atom. The molecule has 0 bridgehead atoms. The van der Waals surface area contributed by atoms with Gasteiger partial charge in [0.1, 0.15) is 17.3 Å². The molecule has 2 aromatic rings. The molecule has 0 saturated carbocycles. The Balaban J connectivity index is 1.87. The molecule has 1 heterocycles. The molecule has 0 radical (unpaired) electrons. The number of aliphatic carboxylic acids is 1. The highest BCUT2D eigenvalue weighted by molar-refractivity contribution is 7.91. The average Bonchev–Trinajstić information content (AvgIpc) is 2.55. The summed E-state index contributed by atoms with van der Waals surface area (Å²) in [5.41, 5.74) is 1.43. The maximum absolute atomic E-state index is 11.7. The Bertz CT molecular complexity index is 819. The van der Waals surface area contributed by atoms with Gasteiger partial charge >= 0.3 is 5.97 Å². The van der Waals surface area contributed by atoms with Gasteiger partial charge in [0.15, 0.2) is 9.84 Å². The Morgan fingerprint density at radius 3 is 2.56 bits per heavy atom. The van der Waals surface area contributed by atoms with Crippen LogP contribution in [0.5, 0.6) is 5.75 Å². The summed E-state index contributed by atoms with van der Waals surface area (Å²) in [4.78, 5) is 14.9. The largest absolute Gasteiger partial charge is 0.493 e. The van der Waals surface area contributed by atoms with E-state index in [1.807, 2.05) is 18.2 Å². The standard InChI is InChI=1S/C17H20N2O5S/c1-18-16-4-2-3-14(19-16)9-10-24-15-7-5-13(6-8-15)11-25(22,23)12-17(20)21/h2-8H,9-12H2,1H3,(H,18,19)(H,20,21). The molecule has 2 rings (SSSR count). The molecule has 0 aliphatic rings. The van der Waals surface area contributed by atoms with E-state index in [1.165, 1.54) is 0 Å². The molecule has 0 aliphatic carbocycles. The number of carbonyl (C=O) groups is 1. The van der Waals surface area contributed by atoms with E-state index in [0.717, 1.165) is 11.5 Å². The van der Waals surface area contributed by atoms with Crippen LogP contribution in [-0.4, -0.2) is 43.9 Å². The monoisotopic (exact) mass is 364 g/mol. The predicted octanol–water partition coefficient (Wildman–Crippen LogP) is 1.74. The second kappa shape index (κ2) is 8.48. The third-order valence-electron chi connectivity index (χ3n) is 3.34. The van der Waals surface area contributed by atoms with Gasteiger partial charge in [-0.3, -0.25) is 4.79 Å². The molecule has 0 fully saturated rings. The highest BCUT2D eigenvalue weighted by Crippen LogP contribution is 2.15. The molecule has 7 nitrogen and oxygen atoms in total. The number of carboxylic acid groups (broad SMARTS) is 1. The van der Waals surface area contributed by atoms with E-state index >= 15 is 0 Å². The zero-order valence-electron chi connectivity index (χ0n) is 13.8. The van der Waals surface area contributed by atoms with Crippen LogP contribution in [0.3, 0.4) is 0 Å². The maximum atomic E-state index is 11.7. The fraction of sp³-hybridized carbons (Fsp3) is 0.294. The van der Waals surface area contributed by atoms with E-state index < -0.39 is 21.6 Å². The molecule has 0 saturated heterocycles. The molecule has 0 amide bonds. The van der Waals surface area contributed by atoms with Crippen molar-refractivity contribution in [3.05, 3.63) is 53.7 Å². The molecule has 1 aromatic carbocycles. The van der Waals surface area contributed by atoms with Crippen LogP contribution in [-0.2, 0) is 26.8 Å². The number of carboxylic acids is 1. The molecular formula is C17H20N2O5S. The number of sulfone groups is 1. The smallest absolute Gasteiger partial charge is 0.318 e. The van der Waals surface area contributed by atoms with Crippen LogP contribution in [0, 0.1) is 0 Å². The molecule has 134 valence electrons. The number of anilines is 1. The van der Waals surface area contributed by atoms with Gasteiger partial charge in [0, 0.05) is 19.2 Å².